The van der Waals surface area contributed by atoms with Crippen LogP contribution < -0.4 is 0 Å². The molecule has 0 saturated carbocycles. The van der Waals surface area contributed by atoms with Crippen LogP contribution in [0.15, 0.2) is 42.5 Å². The van der Waals surface area contributed by atoms with E-state index >= 15 is 0 Å². The number of aryl methyl sites for hydroxylation is 1. The molecule has 1 nitrogen and oxygen atoms in total. The molecule has 1 N–H and O–H groups in total. The lowest BCUT2D eigenvalue weighted by atomic mass is 9.95. The summed E-state index contributed by atoms with van der Waals surface area (Å²) in [6.45, 7) is 6.08. The lowest BCUT2D eigenvalue weighted by Gasteiger charge is -2.15. The average molecular weight is 258 g/mol. The van der Waals surface area contributed by atoms with Gasteiger partial charge in [-0.05, 0) is 47.2 Å². The van der Waals surface area contributed by atoms with Crippen LogP contribution >= 0.6 is 0 Å². The van der Waals surface area contributed by atoms with Crippen molar-refractivity contribution in [2.75, 3.05) is 0 Å². The Morgan fingerprint density at radius 1 is 0.947 bits per heavy atom. The fourth-order valence-corrected chi connectivity index (χ4v) is 2.19. The van der Waals surface area contributed by atoms with Gasteiger partial charge in [-0.2, -0.15) is 0 Å². The topological polar surface area (TPSA) is 20.2 Å². The summed E-state index contributed by atoms with van der Waals surface area (Å²) in [5, 5.41) is 10.4. The Morgan fingerprint density at radius 3 is 2.05 bits per heavy atom. The van der Waals surface area contributed by atoms with Gasteiger partial charge in [-0.3, -0.25) is 0 Å². The molecule has 0 aromatic heterocycles. The third-order valence-corrected chi connectivity index (χ3v) is 3.45. The van der Waals surface area contributed by atoms with Crippen LogP contribution in [0.3, 0.4) is 0 Å². The first-order valence-electron chi connectivity index (χ1n) is 6.53. The second kappa shape index (κ2) is 5.54. The van der Waals surface area contributed by atoms with Crippen molar-refractivity contribution in [1.82, 2.24) is 0 Å². The highest BCUT2D eigenvalue weighted by Gasteiger charge is 2.13. The Hall–Kier alpha value is -1.67. The van der Waals surface area contributed by atoms with Crippen molar-refractivity contribution in [3.8, 4) is 0 Å². The molecule has 0 amide bonds. The zero-order valence-electron chi connectivity index (χ0n) is 11.5. The molecular formula is C17H19FO. The van der Waals surface area contributed by atoms with Crippen molar-refractivity contribution in [3.05, 3.63) is 70.5 Å². The van der Waals surface area contributed by atoms with Gasteiger partial charge in [0.2, 0.25) is 0 Å². The molecule has 0 radical (unpaired) electrons. The fraction of sp³-hybridized carbons (Fsp3) is 0.294. The van der Waals surface area contributed by atoms with Gasteiger partial charge in [-0.15, -0.1) is 0 Å². The maximum Gasteiger partial charge on any atom is 0.123 e. The van der Waals surface area contributed by atoms with Gasteiger partial charge >= 0.3 is 0 Å². The summed E-state index contributed by atoms with van der Waals surface area (Å²) in [6.07, 6.45) is -0.707. The maximum absolute atomic E-state index is 13.1. The number of hydrogen-bond donors (Lipinski definition) is 1. The predicted octanol–water partition coefficient (Wildman–Crippen LogP) is 4.34. The minimum Gasteiger partial charge on any atom is -0.384 e. The van der Waals surface area contributed by atoms with Crippen molar-refractivity contribution >= 4 is 0 Å². The minimum atomic E-state index is -0.707. The van der Waals surface area contributed by atoms with E-state index in [1.165, 1.54) is 17.7 Å². The molecule has 2 aromatic carbocycles. The monoisotopic (exact) mass is 258 g/mol. The van der Waals surface area contributed by atoms with Crippen molar-refractivity contribution in [1.29, 1.82) is 0 Å². The van der Waals surface area contributed by atoms with Crippen LogP contribution in [0.25, 0.3) is 0 Å². The summed E-state index contributed by atoms with van der Waals surface area (Å²) >= 11 is 0. The summed E-state index contributed by atoms with van der Waals surface area (Å²) < 4.78 is 13.1. The van der Waals surface area contributed by atoms with Crippen molar-refractivity contribution < 1.29 is 9.50 Å². The summed E-state index contributed by atoms with van der Waals surface area (Å²) in [5.74, 6) is 0.197. The molecule has 0 aliphatic heterocycles. The summed E-state index contributed by atoms with van der Waals surface area (Å²) in [4.78, 5) is 0. The van der Waals surface area contributed by atoms with Crippen LogP contribution in [0.4, 0.5) is 4.39 Å². The van der Waals surface area contributed by atoms with E-state index in [2.05, 4.69) is 13.8 Å². The Balaban J connectivity index is 2.30. The predicted molar refractivity (Wildman–Crippen MR) is 75.7 cm³/mol. The van der Waals surface area contributed by atoms with Gasteiger partial charge in [0, 0.05) is 0 Å². The van der Waals surface area contributed by atoms with E-state index in [0.29, 0.717) is 5.92 Å². The zero-order valence-corrected chi connectivity index (χ0v) is 11.5. The Morgan fingerprint density at radius 2 is 1.53 bits per heavy atom. The average Bonchev–Trinajstić information content (AvgIpc) is 2.38. The van der Waals surface area contributed by atoms with Gasteiger partial charge in [-0.1, -0.05) is 44.2 Å². The highest BCUT2D eigenvalue weighted by atomic mass is 19.1. The molecule has 0 saturated heterocycles. The maximum atomic E-state index is 13.1. The molecule has 0 aliphatic carbocycles. The van der Waals surface area contributed by atoms with E-state index in [1.807, 2.05) is 31.2 Å². The van der Waals surface area contributed by atoms with E-state index in [-0.39, 0.29) is 5.82 Å². The summed E-state index contributed by atoms with van der Waals surface area (Å²) in [6, 6.07) is 12.4. The summed E-state index contributed by atoms with van der Waals surface area (Å²) in [7, 11) is 0. The van der Waals surface area contributed by atoms with E-state index in [0.717, 1.165) is 16.7 Å². The number of aliphatic hydroxyl groups is 1. The van der Waals surface area contributed by atoms with Crippen LogP contribution in [0.1, 0.15) is 48.1 Å². The molecule has 1 unspecified atom stereocenters. The van der Waals surface area contributed by atoms with Gasteiger partial charge in [0.15, 0.2) is 0 Å². The first-order chi connectivity index (χ1) is 8.99. The van der Waals surface area contributed by atoms with Gasteiger partial charge in [-0.25, -0.2) is 4.39 Å². The molecule has 2 aromatic rings. The molecule has 0 bridgehead atoms. The number of hydrogen-bond acceptors (Lipinski definition) is 1. The quantitative estimate of drug-likeness (QED) is 0.868. The minimum absolute atomic E-state index is 0.274. The molecule has 0 aliphatic rings. The van der Waals surface area contributed by atoms with E-state index in [1.54, 1.807) is 6.07 Å². The normalized spacial score (nSPS) is 12.7. The molecule has 1 atom stereocenters. The number of halogens is 1. The highest BCUT2D eigenvalue weighted by molar-refractivity contribution is 5.36. The molecule has 0 heterocycles. The lowest BCUT2D eigenvalue weighted by molar-refractivity contribution is 0.219. The van der Waals surface area contributed by atoms with Crippen LogP contribution in [-0.4, -0.2) is 5.11 Å². The molecule has 2 heteroatoms. The first-order valence-corrected chi connectivity index (χ1v) is 6.53. The van der Waals surface area contributed by atoms with E-state index in [9.17, 15) is 9.50 Å². The molecule has 2 rings (SSSR count). The molecular weight excluding hydrogens is 239 g/mol. The first kappa shape index (κ1) is 13.8. The standard InChI is InChI=1S/C17H19FO/c1-11(2)13-4-6-14(7-5-13)17(19)16-9-8-15(18)10-12(16)3/h4-11,17,19H,1-3H3. The fourth-order valence-electron chi connectivity index (χ4n) is 2.19. The SMILES string of the molecule is Cc1cc(F)ccc1C(O)c1ccc(C(C)C)cc1. The van der Waals surface area contributed by atoms with E-state index < -0.39 is 6.10 Å². The number of benzene rings is 2. The largest absolute Gasteiger partial charge is 0.384 e. The second-order valence-electron chi connectivity index (χ2n) is 5.22. The third kappa shape index (κ3) is 3.02. The van der Waals surface area contributed by atoms with Gasteiger partial charge in [0.05, 0.1) is 0 Å². The lowest BCUT2D eigenvalue weighted by Crippen LogP contribution is -2.02. The van der Waals surface area contributed by atoms with Crippen molar-refractivity contribution in [2.24, 2.45) is 0 Å². The van der Waals surface area contributed by atoms with Crippen molar-refractivity contribution in [2.45, 2.75) is 32.8 Å². The Bertz CT molecular complexity index is 558. The van der Waals surface area contributed by atoms with Gasteiger partial charge in [0.25, 0.3) is 0 Å². The Kier molecular flexibility index (Phi) is 4.01. The number of aliphatic hydroxyl groups excluding tert-OH is 1. The molecule has 19 heavy (non-hydrogen) atoms. The number of rotatable bonds is 3. The van der Waals surface area contributed by atoms with Crippen LogP contribution in [0.5, 0.6) is 0 Å². The zero-order chi connectivity index (χ0) is 14.0. The third-order valence-electron chi connectivity index (χ3n) is 3.45. The van der Waals surface area contributed by atoms with E-state index in [4.69, 9.17) is 0 Å². The second-order valence-corrected chi connectivity index (χ2v) is 5.22. The van der Waals surface area contributed by atoms with Crippen LogP contribution in [-0.2, 0) is 0 Å². The summed E-state index contributed by atoms with van der Waals surface area (Å²) in [5.41, 5.74) is 3.59. The van der Waals surface area contributed by atoms with Crippen LogP contribution in [0.2, 0.25) is 0 Å². The highest BCUT2D eigenvalue weighted by Crippen LogP contribution is 2.26. The van der Waals surface area contributed by atoms with Gasteiger partial charge in [0.1, 0.15) is 11.9 Å². The molecule has 0 spiro atoms. The molecule has 100 valence electrons. The van der Waals surface area contributed by atoms with Crippen molar-refractivity contribution in [3.63, 3.8) is 0 Å². The van der Waals surface area contributed by atoms with Crippen LogP contribution in [0, 0.1) is 12.7 Å². The molecule has 0 fully saturated rings. The van der Waals surface area contributed by atoms with Gasteiger partial charge < -0.3 is 5.11 Å². The smallest absolute Gasteiger partial charge is 0.123 e. The Labute approximate surface area is 113 Å².